The summed E-state index contributed by atoms with van der Waals surface area (Å²) in [6.45, 7) is 0.676. The highest BCUT2D eigenvalue weighted by atomic mass is 35.5. The first-order chi connectivity index (χ1) is 10.7. The predicted molar refractivity (Wildman–Crippen MR) is 92.4 cm³/mol. The molecule has 22 heavy (non-hydrogen) atoms. The number of aromatic amines is 1. The van der Waals surface area contributed by atoms with Crippen molar-refractivity contribution in [3.05, 3.63) is 63.1 Å². The van der Waals surface area contributed by atoms with E-state index in [4.69, 9.17) is 23.2 Å². The van der Waals surface area contributed by atoms with Crippen LogP contribution in [0.4, 0.5) is 11.4 Å². The Morgan fingerprint density at radius 3 is 2.59 bits per heavy atom. The second-order valence-corrected chi connectivity index (χ2v) is 5.73. The van der Waals surface area contributed by atoms with Gasteiger partial charge in [-0.15, -0.1) is 4.91 Å². The van der Waals surface area contributed by atoms with Gasteiger partial charge in [-0.3, -0.25) is 0 Å². The summed E-state index contributed by atoms with van der Waals surface area (Å²) in [5, 5.41) is 8.04. The molecule has 4 nitrogen and oxygen atoms in total. The zero-order valence-electron chi connectivity index (χ0n) is 11.6. The lowest BCUT2D eigenvalue weighted by atomic mass is 10.1. The van der Waals surface area contributed by atoms with Gasteiger partial charge in [-0.1, -0.05) is 41.4 Å². The van der Waals surface area contributed by atoms with E-state index in [1.807, 2.05) is 24.4 Å². The third-order valence-electron chi connectivity index (χ3n) is 3.50. The van der Waals surface area contributed by atoms with Crippen LogP contribution in [0, 0.1) is 4.91 Å². The van der Waals surface area contributed by atoms with Gasteiger partial charge in [0.05, 0.1) is 15.7 Å². The van der Waals surface area contributed by atoms with Gasteiger partial charge in [0.2, 0.25) is 0 Å². The number of nitroso groups, excluding NO2 is 1. The number of H-pyrrole nitrogens is 1. The van der Waals surface area contributed by atoms with Crippen molar-refractivity contribution in [2.75, 3.05) is 11.9 Å². The van der Waals surface area contributed by atoms with Crippen molar-refractivity contribution in [3.8, 4) is 0 Å². The smallest absolute Gasteiger partial charge is 0.111 e. The molecular formula is C16H13Cl2N3O. The van der Waals surface area contributed by atoms with Crippen LogP contribution in [0.3, 0.4) is 0 Å². The van der Waals surface area contributed by atoms with E-state index in [-0.39, 0.29) is 5.69 Å². The third-order valence-corrected chi connectivity index (χ3v) is 4.10. The molecule has 0 bridgehead atoms. The summed E-state index contributed by atoms with van der Waals surface area (Å²) < 4.78 is 0. The molecular weight excluding hydrogens is 321 g/mol. The highest BCUT2D eigenvalue weighted by Crippen LogP contribution is 2.34. The maximum absolute atomic E-state index is 10.5. The van der Waals surface area contributed by atoms with Gasteiger partial charge >= 0.3 is 0 Å². The summed E-state index contributed by atoms with van der Waals surface area (Å²) in [6, 6.07) is 11.1. The van der Waals surface area contributed by atoms with Gasteiger partial charge in [-0.05, 0) is 35.4 Å². The number of hydrogen-bond acceptors (Lipinski definition) is 3. The molecule has 0 spiro atoms. The fourth-order valence-corrected chi connectivity index (χ4v) is 3.05. The van der Waals surface area contributed by atoms with E-state index in [1.165, 1.54) is 23.1 Å². The summed E-state index contributed by atoms with van der Waals surface area (Å²) in [5.41, 5.74) is 3.18. The lowest BCUT2D eigenvalue weighted by Gasteiger charge is -2.10. The largest absolute Gasteiger partial charge is 0.382 e. The highest BCUT2D eigenvalue weighted by Gasteiger charge is 2.09. The highest BCUT2D eigenvalue weighted by molar-refractivity contribution is 6.39. The van der Waals surface area contributed by atoms with E-state index in [1.54, 1.807) is 0 Å². The molecule has 0 radical (unpaired) electrons. The number of hydrogen-bond donors (Lipinski definition) is 2. The van der Waals surface area contributed by atoms with Crippen LogP contribution in [0.5, 0.6) is 0 Å². The number of anilines is 1. The minimum absolute atomic E-state index is 0.220. The average Bonchev–Trinajstić information content (AvgIpc) is 2.93. The van der Waals surface area contributed by atoms with Gasteiger partial charge in [0.1, 0.15) is 5.69 Å². The molecule has 0 aliphatic carbocycles. The standard InChI is InChI=1S/C16H13Cl2N3O/c17-13-7-11(21-22)8-14(18)16(13)19-6-5-10-9-20-15-4-2-1-3-12(10)15/h1-4,7-9,19-20H,5-6H2. The topological polar surface area (TPSA) is 57.2 Å². The molecule has 0 unspecified atom stereocenters. The van der Waals surface area contributed by atoms with Gasteiger partial charge in [0, 0.05) is 23.6 Å². The van der Waals surface area contributed by atoms with E-state index in [0.29, 0.717) is 22.3 Å². The monoisotopic (exact) mass is 333 g/mol. The number of aromatic nitrogens is 1. The van der Waals surface area contributed by atoms with Crippen LogP contribution in [-0.2, 0) is 6.42 Å². The molecule has 3 aromatic rings. The Hall–Kier alpha value is -2.04. The van der Waals surface area contributed by atoms with Crippen molar-refractivity contribution >= 4 is 45.5 Å². The van der Waals surface area contributed by atoms with Crippen molar-refractivity contribution in [3.63, 3.8) is 0 Å². The molecule has 0 saturated heterocycles. The second-order valence-electron chi connectivity index (χ2n) is 4.91. The molecule has 0 aliphatic heterocycles. The van der Waals surface area contributed by atoms with Crippen LogP contribution in [-0.4, -0.2) is 11.5 Å². The van der Waals surface area contributed by atoms with Crippen molar-refractivity contribution in [1.29, 1.82) is 0 Å². The summed E-state index contributed by atoms with van der Waals surface area (Å²) >= 11 is 12.2. The summed E-state index contributed by atoms with van der Waals surface area (Å²) in [5.74, 6) is 0. The first-order valence-corrected chi connectivity index (χ1v) is 7.56. The molecule has 0 fully saturated rings. The molecule has 0 aliphatic rings. The van der Waals surface area contributed by atoms with Gasteiger partial charge < -0.3 is 10.3 Å². The minimum atomic E-state index is 0.220. The Balaban J connectivity index is 1.72. The Kier molecular flexibility index (Phi) is 4.32. The fraction of sp³-hybridized carbons (Fsp3) is 0.125. The summed E-state index contributed by atoms with van der Waals surface area (Å²) in [6.07, 6.45) is 2.83. The molecule has 2 aromatic carbocycles. The Morgan fingerprint density at radius 2 is 1.86 bits per heavy atom. The zero-order chi connectivity index (χ0) is 15.5. The number of halogens is 2. The first-order valence-electron chi connectivity index (χ1n) is 6.80. The predicted octanol–water partition coefficient (Wildman–Crippen LogP) is 5.53. The molecule has 1 aromatic heterocycles. The molecule has 6 heteroatoms. The quantitative estimate of drug-likeness (QED) is 0.603. The molecule has 0 saturated carbocycles. The van der Waals surface area contributed by atoms with Gasteiger partial charge in [0.25, 0.3) is 0 Å². The number of rotatable bonds is 5. The minimum Gasteiger partial charge on any atom is -0.382 e. The first kappa shape index (κ1) is 14.9. The Labute approximate surface area is 137 Å². The Bertz CT molecular complexity index is 806. The zero-order valence-corrected chi connectivity index (χ0v) is 13.1. The molecule has 1 heterocycles. The number of fused-ring (bicyclic) bond motifs is 1. The average molecular weight is 334 g/mol. The number of nitrogens with zero attached hydrogens (tertiary/aromatic N) is 1. The van der Waals surface area contributed by atoms with Gasteiger partial charge in [-0.25, -0.2) is 0 Å². The van der Waals surface area contributed by atoms with Gasteiger partial charge in [-0.2, -0.15) is 0 Å². The van der Waals surface area contributed by atoms with Crippen LogP contribution in [0.2, 0.25) is 10.0 Å². The third kappa shape index (κ3) is 2.93. The van der Waals surface area contributed by atoms with Crippen LogP contribution in [0.1, 0.15) is 5.56 Å². The lowest BCUT2D eigenvalue weighted by Crippen LogP contribution is -2.05. The van der Waals surface area contributed by atoms with E-state index in [0.717, 1.165) is 11.9 Å². The summed E-state index contributed by atoms with van der Waals surface area (Å²) in [4.78, 5) is 13.8. The van der Waals surface area contributed by atoms with Crippen LogP contribution in [0.25, 0.3) is 10.9 Å². The van der Waals surface area contributed by atoms with Crippen LogP contribution < -0.4 is 5.32 Å². The molecule has 0 amide bonds. The SMILES string of the molecule is O=Nc1cc(Cl)c(NCCc2c[nH]c3ccccc23)c(Cl)c1. The fourth-order valence-electron chi connectivity index (χ4n) is 2.44. The molecule has 2 N–H and O–H groups in total. The summed E-state index contributed by atoms with van der Waals surface area (Å²) in [7, 11) is 0. The van der Waals surface area contributed by atoms with E-state index >= 15 is 0 Å². The van der Waals surface area contributed by atoms with Gasteiger partial charge in [0.15, 0.2) is 0 Å². The lowest BCUT2D eigenvalue weighted by molar-refractivity contribution is 1.03. The van der Waals surface area contributed by atoms with E-state index in [9.17, 15) is 4.91 Å². The molecule has 112 valence electrons. The molecule has 0 atom stereocenters. The number of benzene rings is 2. The number of nitrogens with one attached hydrogen (secondary N) is 2. The number of para-hydroxylation sites is 1. The maximum Gasteiger partial charge on any atom is 0.111 e. The second kappa shape index (κ2) is 6.38. The maximum atomic E-state index is 10.5. The van der Waals surface area contributed by atoms with Crippen LogP contribution in [0.15, 0.2) is 47.8 Å². The van der Waals surface area contributed by atoms with Crippen molar-refractivity contribution in [1.82, 2.24) is 4.98 Å². The van der Waals surface area contributed by atoms with Crippen molar-refractivity contribution in [2.24, 2.45) is 5.18 Å². The van der Waals surface area contributed by atoms with E-state index < -0.39 is 0 Å². The van der Waals surface area contributed by atoms with E-state index in [2.05, 4.69) is 21.5 Å². The van der Waals surface area contributed by atoms with Crippen LogP contribution >= 0.6 is 23.2 Å². The van der Waals surface area contributed by atoms with Crippen molar-refractivity contribution in [2.45, 2.75) is 6.42 Å². The molecule has 3 rings (SSSR count). The normalized spacial score (nSPS) is 10.8. The Morgan fingerprint density at radius 1 is 1.14 bits per heavy atom. The van der Waals surface area contributed by atoms with Crippen molar-refractivity contribution < 1.29 is 0 Å².